The van der Waals surface area contributed by atoms with Crippen LogP contribution in [0.4, 0.5) is 0 Å². The van der Waals surface area contributed by atoms with Crippen molar-refractivity contribution < 1.29 is 25.4 Å². The van der Waals surface area contributed by atoms with Crippen molar-refractivity contribution in [1.29, 1.82) is 0 Å². The highest BCUT2D eigenvalue weighted by atomic mass is 35.5. The van der Waals surface area contributed by atoms with E-state index < -0.39 is 41.7 Å². The first-order valence-corrected chi connectivity index (χ1v) is 12.6. The molecule has 2 aromatic rings. The van der Waals surface area contributed by atoms with Gasteiger partial charge in [0.2, 0.25) is 0 Å². The lowest BCUT2D eigenvalue weighted by Gasteiger charge is -2.16. The molecular formula is C18H10Cl4N2O6S2. The van der Waals surface area contributed by atoms with Gasteiger partial charge in [0.1, 0.15) is 9.79 Å². The highest BCUT2D eigenvalue weighted by Gasteiger charge is 2.32. The molecule has 14 heteroatoms. The van der Waals surface area contributed by atoms with Gasteiger partial charge in [-0.25, -0.2) is 0 Å². The van der Waals surface area contributed by atoms with Crippen LogP contribution in [0.15, 0.2) is 101 Å². The number of hydrogen-bond donors (Lipinski definition) is 0. The van der Waals surface area contributed by atoms with Gasteiger partial charge in [-0.3, -0.25) is 8.57 Å². The first kappa shape index (κ1) is 24.6. The zero-order valence-corrected chi connectivity index (χ0v) is 20.1. The molecule has 168 valence electrons. The predicted molar refractivity (Wildman–Crippen MR) is 122 cm³/mol. The zero-order chi connectivity index (χ0) is 23.5. The van der Waals surface area contributed by atoms with Gasteiger partial charge < -0.3 is 0 Å². The molecule has 0 aliphatic heterocycles. The summed E-state index contributed by atoms with van der Waals surface area (Å²) in [6.07, 6.45) is 0. The van der Waals surface area contributed by atoms with E-state index in [2.05, 4.69) is 18.9 Å². The van der Waals surface area contributed by atoms with Crippen molar-refractivity contribution in [3.05, 3.63) is 80.8 Å². The molecule has 1 aliphatic rings. The molecule has 0 radical (unpaired) electrons. The Morgan fingerprint density at radius 3 is 1.16 bits per heavy atom. The first-order chi connectivity index (χ1) is 15.0. The van der Waals surface area contributed by atoms with Gasteiger partial charge in [0.05, 0.1) is 20.1 Å². The molecule has 0 fully saturated rings. The Kier molecular flexibility index (Phi) is 7.53. The quantitative estimate of drug-likeness (QED) is 0.370. The number of hydrogen-bond acceptors (Lipinski definition) is 8. The molecule has 0 aromatic heterocycles. The molecule has 0 heterocycles. The number of benzene rings is 2. The van der Waals surface area contributed by atoms with E-state index in [4.69, 9.17) is 46.4 Å². The molecule has 32 heavy (non-hydrogen) atoms. The summed E-state index contributed by atoms with van der Waals surface area (Å²) in [4.78, 5) is -0.403. The minimum atomic E-state index is -4.36. The van der Waals surface area contributed by atoms with Gasteiger partial charge in [0.25, 0.3) is 0 Å². The summed E-state index contributed by atoms with van der Waals surface area (Å²) < 4.78 is 58.8. The normalized spacial score (nSPS) is 17.8. The average molecular weight is 556 g/mol. The molecule has 3 rings (SSSR count). The second-order valence-electron chi connectivity index (χ2n) is 5.82. The van der Waals surface area contributed by atoms with Crippen LogP contribution in [0.2, 0.25) is 0 Å². The topological polar surface area (TPSA) is 111 Å². The monoisotopic (exact) mass is 554 g/mol. The molecule has 1 aliphatic carbocycles. The maximum Gasteiger partial charge on any atom is 0.358 e. The third-order valence-electron chi connectivity index (χ3n) is 3.74. The summed E-state index contributed by atoms with van der Waals surface area (Å²) >= 11 is 24.2. The second-order valence-corrected chi connectivity index (χ2v) is 10.4. The van der Waals surface area contributed by atoms with Crippen LogP contribution in [0, 0.1) is 0 Å². The SMILES string of the molecule is O=S(=O)(ON=C1C(=NOS(=O)(=O)c2ccccc2)C(Cl)=C(Cl)C(Cl)=C1Cl)c1ccccc1. The second kappa shape index (κ2) is 9.82. The Morgan fingerprint density at radius 1 is 0.531 bits per heavy atom. The van der Waals surface area contributed by atoms with Crippen LogP contribution in [-0.4, -0.2) is 28.3 Å². The van der Waals surface area contributed by atoms with Crippen LogP contribution in [0.3, 0.4) is 0 Å². The van der Waals surface area contributed by atoms with Crippen LogP contribution in [-0.2, 0) is 28.8 Å². The van der Waals surface area contributed by atoms with Crippen molar-refractivity contribution in [2.45, 2.75) is 9.79 Å². The highest BCUT2D eigenvalue weighted by Crippen LogP contribution is 2.37. The third-order valence-corrected chi connectivity index (χ3v) is 7.76. The molecule has 0 N–H and O–H groups in total. The van der Waals surface area contributed by atoms with Crippen molar-refractivity contribution >= 4 is 78.1 Å². The Labute approximate surface area is 203 Å². The minimum Gasteiger partial charge on any atom is -0.264 e. The highest BCUT2D eigenvalue weighted by molar-refractivity contribution is 7.87. The molecule has 0 saturated carbocycles. The molecule has 0 saturated heterocycles. The van der Waals surface area contributed by atoms with Gasteiger partial charge >= 0.3 is 20.2 Å². The van der Waals surface area contributed by atoms with E-state index >= 15 is 0 Å². The van der Waals surface area contributed by atoms with Gasteiger partial charge in [-0.15, -0.1) is 0 Å². The molecule has 0 bridgehead atoms. The summed E-state index contributed by atoms with van der Waals surface area (Å²) in [6.45, 7) is 0. The van der Waals surface area contributed by atoms with Crippen molar-refractivity contribution in [3.8, 4) is 0 Å². The van der Waals surface area contributed by atoms with E-state index in [1.165, 1.54) is 48.5 Å². The van der Waals surface area contributed by atoms with E-state index in [1.807, 2.05) is 0 Å². The fraction of sp³-hybridized carbons (Fsp3) is 0. The Bertz CT molecular complexity index is 1260. The fourth-order valence-electron chi connectivity index (χ4n) is 2.21. The molecule has 0 unspecified atom stereocenters. The largest absolute Gasteiger partial charge is 0.358 e. The lowest BCUT2D eigenvalue weighted by atomic mass is 10.1. The zero-order valence-electron chi connectivity index (χ0n) is 15.4. The van der Waals surface area contributed by atoms with E-state index in [1.54, 1.807) is 12.1 Å². The summed E-state index contributed by atoms with van der Waals surface area (Å²) in [5, 5.41) is 5.57. The third kappa shape index (κ3) is 5.28. The van der Waals surface area contributed by atoms with Gasteiger partial charge in [-0.05, 0) is 24.3 Å². The van der Waals surface area contributed by atoms with Gasteiger partial charge in [-0.2, -0.15) is 16.8 Å². The van der Waals surface area contributed by atoms with Crippen LogP contribution in [0.1, 0.15) is 0 Å². The number of rotatable bonds is 6. The number of halogens is 4. The molecule has 0 atom stereocenters. The lowest BCUT2D eigenvalue weighted by molar-refractivity contribution is 0.334. The molecular weight excluding hydrogens is 546 g/mol. The van der Waals surface area contributed by atoms with Crippen molar-refractivity contribution in [2.24, 2.45) is 10.3 Å². The molecule has 2 aromatic carbocycles. The average Bonchev–Trinajstić information content (AvgIpc) is 2.79. The van der Waals surface area contributed by atoms with Gasteiger partial charge in [0.15, 0.2) is 11.4 Å². The van der Waals surface area contributed by atoms with Crippen LogP contribution in [0.5, 0.6) is 0 Å². The molecule has 0 amide bonds. The number of allylic oxidation sites excluding steroid dienone is 4. The van der Waals surface area contributed by atoms with Crippen LogP contribution in [0.25, 0.3) is 0 Å². The van der Waals surface area contributed by atoms with E-state index in [0.717, 1.165) is 0 Å². The first-order valence-electron chi connectivity index (χ1n) is 8.30. The van der Waals surface area contributed by atoms with E-state index in [-0.39, 0.29) is 19.9 Å². The summed E-state index contributed by atoms with van der Waals surface area (Å²) in [6, 6.07) is 14.2. The smallest absolute Gasteiger partial charge is 0.264 e. The number of nitrogens with zero attached hydrogens (tertiary/aromatic N) is 2. The van der Waals surface area contributed by atoms with Crippen molar-refractivity contribution in [2.75, 3.05) is 0 Å². The number of oxime groups is 2. The Balaban J connectivity index is 2.02. The standard InChI is InChI=1S/C18H10Cl4N2O6S2/c19-13-14(20)16(22)18(24-30-32(27,28)12-9-5-2-6-10-12)17(15(13)21)23-29-31(25,26)11-7-3-1-4-8-11/h1-10H. The van der Waals surface area contributed by atoms with E-state index in [0.29, 0.717) is 0 Å². The fourth-order valence-corrected chi connectivity index (χ4v) is 4.61. The lowest BCUT2D eigenvalue weighted by Crippen LogP contribution is -2.23. The maximum atomic E-state index is 12.4. The van der Waals surface area contributed by atoms with Crippen molar-refractivity contribution in [1.82, 2.24) is 0 Å². The Hall–Kier alpha value is -2.08. The van der Waals surface area contributed by atoms with Gasteiger partial charge in [-0.1, -0.05) is 93.1 Å². The maximum absolute atomic E-state index is 12.4. The summed E-state index contributed by atoms with van der Waals surface area (Å²) in [5.41, 5.74) is -1.04. The van der Waals surface area contributed by atoms with E-state index in [9.17, 15) is 16.8 Å². The van der Waals surface area contributed by atoms with Crippen LogP contribution >= 0.6 is 46.4 Å². The molecule has 8 nitrogen and oxygen atoms in total. The minimum absolute atomic E-state index is 0.201. The summed E-state index contributed by atoms with van der Waals surface area (Å²) in [5.74, 6) is 0. The Morgan fingerprint density at radius 2 is 0.844 bits per heavy atom. The van der Waals surface area contributed by atoms with Crippen molar-refractivity contribution in [3.63, 3.8) is 0 Å². The molecule has 0 spiro atoms. The van der Waals surface area contributed by atoms with Gasteiger partial charge in [0, 0.05) is 0 Å². The predicted octanol–water partition coefficient (Wildman–Crippen LogP) is 4.90. The summed E-state index contributed by atoms with van der Waals surface area (Å²) in [7, 11) is -8.72. The van der Waals surface area contributed by atoms with Crippen LogP contribution < -0.4 is 0 Å².